The highest BCUT2D eigenvalue weighted by Gasteiger charge is 2.34. The number of thiazole rings is 1. The summed E-state index contributed by atoms with van der Waals surface area (Å²) in [5, 5.41) is 19.0. The Morgan fingerprint density at radius 2 is 1.90 bits per heavy atom. The molecule has 4 aromatic rings. The van der Waals surface area contributed by atoms with E-state index in [0.717, 1.165) is 29.7 Å². The van der Waals surface area contributed by atoms with E-state index < -0.39 is 34.9 Å². The summed E-state index contributed by atoms with van der Waals surface area (Å²) in [5.74, 6) is -1.29. The standard InChI is InChI=1S/C27H27F3N6O4S/c1-3-7-31-8-9-36-13-19(25(38)39)23(37)17-10-15(5-6-20(17)36)18-12-33-22(35-26(40)32-4-2)11-16(18)24-34-21(14-41-24)27(28,29)30/h5-6,10-14,31H,3-4,7-9H2,1-2H3,(H,38,39)(H2,32,33,35,40). The van der Waals surface area contributed by atoms with Crippen LogP contribution in [0.2, 0.25) is 0 Å². The van der Waals surface area contributed by atoms with Gasteiger partial charge in [0, 0.05) is 53.9 Å². The fraction of sp³-hybridized carbons (Fsp3) is 0.296. The molecule has 0 aliphatic heterocycles. The number of alkyl halides is 3. The number of nitrogens with one attached hydrogen (secondary N) is 3. The van der Waals surface area contributed by atoms with Gasteiger partial charge in [-0.15, -0.1) is 11.3 Å². The molecule has 0 saturated heterocycles. The van der Waals surface area contributed by atoms with E-state index >= 15 is 0 Å². The van der Waals surface area contributed by atoms with E-state index in [1.54, 1.807) is 23.6 Å². The largest absolute Gasteiger partial charge is 0.477 e. The molecule has 3 aromatic heterocycles. The zero-order valence-corrected chi connectivity index (χ0v) is 22.9. The number of nitrogens with zero attached hydrogens (tertiary/aromatic N) is 3. The monoisotopic (exact) mass is 588 g/mol. The van der Waals surface area contributed by atoms with Gasteiger partial charge in [-0.25, -0.2) is 19.6 Å². The number of rotatable bonds is 10. The second kappa shape index (κ2) is 12.5. The van der Waals surface area contributed by atoms with Crippen molar-refractivity contribution in [2.24, 2.45) is 0 Å². The minimum Gasteiger partial charge on any atom is -0.477 e. The van der Waals surface area contributed by atoms with Gasteiger partial charge in [0.25, 0.3) is 0 Å². The molecule has 0 fully saturated rings. The third kappa shape index (κ3) is 6.72. The number of aromatic nitrogens is 3. The number of pyridine rings is 2. The number of hydrogen-bond acceptors (Lipinski definition) is 7. The van der Waals surface area contributed by atoms with Crippen LogP contribution < -0.4 is 21.4 Å². The number of hydrogen-bond donors (Lipinski definition) is 4. The molecule has 4 rings (SSSR count). The maximum atomic E-state index is 13.3. The van der Waals surface area contributed by atoms with Crippen molar-refractivity contribution < 1.29 is 27.9 Å². The van der Waals surface area contributed by atoms with Crippen LogP contribution in [-0.4, -0.2) is 51.3 Å². The Hall–Kier alpha value is -4.30. The molecular formula is C27H27F3N6O4S. The van der Waals surface area contributed by atoms with E-state index in [4.69, 9.17) is 0 Å². The summed E-state index contributed by atoms with van der Waals surface area (Å²) in [7, 11) is 0. The average molecular weight is 589 g/mol. The molecule has 0 aliphatic rings. The van der Waals surface area contributed by atoms with Crippen LogP contribution in [0.25, 0.3) is 32.6 Å². The second-order valence-electron chi connectivity index (χ2n) is 8.99. The number of fused-ring (bicyclic) bond motifs is 1. The first-order valence-corrected chi connectivity index (χ1v) is 13.6. The van der Waals surface area contributed by atoms with Gasteiger partial charge in [-0.3, -0.25) is 10.1 Å². The number of carbonyl (C=O) groups excluding carboxylic acids is 1. The predicted molar refractivity (Wildman–Crippen MR) is 150 cm³/mol. The van der Waals surface area contributed by atoms with Gasteiger partial charge in [0.1, 0.15) is 16.4 Å². The van der Waals surface area contributed by atoms with Gasteiger partial charge in [0.15, 0.2) is 5.69 Å². The van der Waals surface area contributed by atoms with E-state index in [1.807, 2.05) is 6.92 Å². The van der Waals surface area contributed by atoms with Crippen molar-refractivity contribution in [1.29, 1.82) is 0 Å². The lowest BCUT2D eigenvalue weighted by Gasteiger charge is -2.15. The zero-order valence-electron chi connectivity index (χ0n) is 22.1. The minimum atomic E-state index is -4.66. The number of benzene rings is 1. The van der Waals surface area contributed by atoms with Crippen molar-refractivity contribution in [3.63, 3.8) is 0 Å². The first kappa shape index (κ1) is 29.7. The fourth-order valence-corrected chi connectivity index (χ4v) is 5.04. The molecule has 0 spiro atoms. The molecule has 0 saturated carbocycles. The molecule has 41 heavy (non-hydrogen) atoms. The average Bonchev–Trinajstić information content (AvgIpc) is 3.43. The quantitative estimate of drug-likeness (QED) is 0.190. The highest BCUT2D eigenvalue weighted by atomic mass is 32.1. The molecule has 0 aliphatic carbocycles. The number of anilines is 1. The molecular weight excluding hydrogens is 561 g/mol. The van der Waals surface area contributed by atoms with Gasteiger partial charge >= 0.3 is 18.2 Å². The minimum absolute atomic E-state index is 0.0208. The number of carbonyl (C=O) groups is 2. The fourth-order valence-electron chi connectivity index (χ4n) is 4.18. The number of amides is 2. The normalized spacial score (nSPS) is 11.5. The van der Waals surface area contributed by atoms with Crippen LogP contribution >= 0.6 is 11.3 Å². The lowest BCUT2D eigenvalue weighted by atomic mass is 9.99. The van der Waals surface area contributed by atoms with Gasteiger partial charge in [-0.1, -0.05) is 13.0 Å². The molecule has 3 heterocycles. The van der Waals surface area contributed by atoms with Crippen LogP contribution in [0.5, 0.6) is 0 Å². The topological polar surface area (TPSA) is 138 Å². The smallest absolute Gasteiger partial charge is 0.434 e. The first-order chi connectivity index (χ1) is 19.5. The van der Waals surface area contributed by atoms with Crippen molar-refractivity contribution >= 4 is 40.1 Å². The van der Waals surface area contributed by atoms with Crippen LogP contribution in [0.15, 0.2) is 46.8 Å². The molecule has 4 N–H and O–H groups in total. The Morgan fingerprint density at radius 3 is 2.56 bits per heavy atom. The third-order valence-corrected chi connectivity index (χ3v) is 6.96. The highest BCUT2D eigenvalue weighted by Crippen LogP contribution is 2.39. The predicted octanol–water partition coefficient (Wildman–Crippen LogP) is 5.05. The van der Waals surface area contributed by atoms with Crippen LogP contribution in [0.4, 0.5) is 23.8 Å². The van der Waals surface area contributed by atoms with Crippen molar-refractivity contribution in [2.75, 3.05) is 25.0 Å². The molecule has 0 radical (unpaired) electrons. The zero-order chi connectivity index (χ0) is 29.7. The number of aromatic carboxylic acids is 1. The van der Waals surface area contributed by atoms with Crippen LogP contribution in [0.1, 0.15) is 36.3 Å². The van der Waals surface area contributed by atoms with E-state index in [-0.39, 0.29) is 21.8 Å². The van der Waals surface area contributed by atoms with Gasteiger partial charge < -0.3 is 20.3 Å². The molecule has 0 bridgehead atoms. The maximum absolute atomic E-state index is 13.3. The van der Waals surface area contributed by atoms with E-state index in [0.29, 0.717) is 36.3 Å². The Kier molecular flexibility index (Phi) is 9.03. The van der Waals surface area contributed by atoms with Crippen LogP contribution in [0.3, 0.4) is 0 Å². The van der Waals surface area contributed by atoms with E-state index in [9.17, 15) is 32.7 Å². The van der Waals surface area contributed by atoms with Gasteiger partial charge in [0.05, 0.1) is 5.52 Å². The third-order valence-electron chi connectivity index (χ3n) is 6.09. The summed E-state index contributed by atoms with van der Waals surface area (Å²) < 4.78 is 41.7. The molecule has 216 valence electrons. The summed E-state index contributed by atoms with van der Waals surface area (Å²) in [4.78, 5) is 45.1. The van der Waals surface area contributed by atoms with Gasteiger partial charge in [-0.05, 0) is 43.7 Å². The summed E-state index contributed by atoms with van der Waals surface area (Å²) in [6.07, 6.45) is -1.06. The van der Waals surface area contributed by atoms with E-state index in [2.05, 4.69) is 25.9 Å². The molecule has 0 atom stereocenters. The molecule has 2 amide bonds. The lowest BCUT2D eigenvalue weighted by Crippen LogP contribution is -2.28. The number of carboxylic acids is 1. The summed E-state index contributed by atoms with van der Waals surface area (Å²) >= 11 is 0.767. The Morgan fingerprint density at radius 1 is 1.12 bits per heavy atom. The number of urea groups is 1. The van der Waals surface area contributed by atoms with Crippen LogP contribution in [0, 0.1) is 0 Å². The lowest BCUT2D eigenvalue weighted by molar-refractivity contribution is -0.140. The van der Waals surface area contributed by atoms with Crippen molar-refractivity contribution in [1.82, 2.24) is 25.2 Å². The summed E-state index contributed by atoms with van der Waals surface area (Å²) in [6, 6.07) is 5.68. The number of halogens is 3. The van der Waals surface area contributed by atoms with Gasteiger partial charge in [0.2, 0.25) is 5.43 Å². The molecule has 10 nitrogen and oxygen atoms in total. The molecule has 0 unspecified atom stereocenters. The Labute approximate surface area is 236 Å². The second-order valence-corrected chi connectivity index (χ2v) is 9.85. The SMILES string of the molecule is CCCNCCn1cc(C(=O)O)c(=O)c2cc(-c3cnc(NC(=O)NCC)cc3-c3nc(C(F)(F)F)cs3)ccc21. The summed E-state index contributed by atoms with van der Waals surface area (Å²) in [6.45, 7) is 5.82. The van der Waals surface area contributed by atoms with Crippen molar-refractivity contribution in [2.45, 2.75) is 33.0 Å². The van der Waals surface area contributed by atoms with E-state index in [1.165, 1.54) is 24.5 Å². The maximum Gasteiger partial charge on any atom is 0.434 e. The van der Waals surface area contributed by atoms with Crippen molar-refractivity contribution in [3.05, 3.63) is 63.5 Å². The van der Waals surface area contributed by atoms with Crippen molar-refractivity contribution in [3.8, 4) is 21.7 Å². The highest BCUT2D eigenvalue weighted by molar-refractivity contribution is 7.13. The van der Waals surface area contributed by atoms with Gasteiger partial charge in [-0.2, -0.15) is 13.2 Å². The Balaban J connectivity index is 1.87. The Bertz CT molecular complexity index is 1650. The molecule has 1 aromatic carbocycles. The first-order valence-electron chi connectivity index (χ1n) is 12.7. The number of carboxylic acid groups (broad SMARTS) is 1. The molecule has 14 heteroatoms. The summed E-state index contributed by atoms with van der Waals surface area (Å²) in [5.41, 5.74) is -0.673. The van der Waals surface area contributed by atoms with Crippen LogP contribution in [-0.2, 0) is 12.7 Å².